The van der Waals surface area contributed by atoms with Crippen LogP contribution in [-0.4, -0.2) is 9.13 Å². The highest BCUT2D eigenvalue weighted by Crippen LogP contribution is 2.08. The summed E-state index contributed by atoms with van der Waals surface area (Å²) in [6, 6.07) is 6.24. The summed E-state index contributed by atoms with van der Waals surface area (Å²) < 4.78 is 4.14. The third kappa shape index (κ3) is 1.79. The van der Waals surface area contributed by atoms with Gasteiger partial charge in [-0.3, -0.25) is 0 Å². The maximum atomic E-state index is 2.12. The molecule has 0 saturated carbocycles. The zero-order valence-corrected chi connectivity index (χ0v) is 8.51. The van der Waals surface area contributed by atoms with Gasteiger partial charge in [-0.1, -0.05) is 6.08 Å². The lowest BCUT2D eigenvalue weighted by molar-refractivity contribution is 0.915. The number of hydrogen-bond donors (Lipinski definition) is 0. The molecule has 0 spiro atoms. The van der Waals surface area contributed by atoms with E-state index in [2.05, 4.69) is 35.0 Å². The summed E-state index contributed by atoms with van der Waals surface area (Å²) in [7, 11) is 4.07. The van der Waals surface area contributed by atoms with Gasteiger partial charge in [0.2, 0.25) is 0 Å². The van der Waals surface area contributed by atoms with Crippen LogP contribution in [0.15, 0.2) is 36.8 Å². The Morgan fingerprint density at radius 1 is 1.07 bits per heavy atom. The fourth-order valence-corrected chi connectivity index (χ4v) is 1.45. The van der Waals surface area contributed by atoms with E-state index in [1.807, 2.05) is 37.1 Å². The molecule has 0 aliphatic carbocycles. The zero-order chi connectivity index (χ0) is 9.97. The second-order valence-corrected chi connectivity index (χ2v) is 3.49. The van der Waals surface area contributed by atoms with E-state index in [-0.39, 0.29) is 0 Å². The SMILES string of the molecule is Cn1ccc(/C=C\c2cccn2C)c1. The minimum Gasteiger partial charge on any atom is -0.357 e. The Kier molecular flexibility index (Phi) is 2.27. The highest BCUT2D eigenvalue weighted by molar-refractivity contribution is 5.67. The molecule has 0 amide bonds. The number of rotatable bonds is 2. The van der Waals surface area contributed by atoms with Crippen molar-refractivity contribution >= 4 is 12.2 Å². The minimum atomic E-state index is 1.22. The average molecular weight is 186 g/mol. The van der Waals surface area contributed by atoms with Gasteiger partial charge in [-0.15, -0.1) is 0 Å². The predicted molar refractivity (Wildman–Crippen MR) is 59.8 cm³/mol. The van der Waals surface area contributed by atoms with Crippen molar-refractivity contribution in [2.24, 2.45) is 14.1 Å². The van der Waals surface area contributed by atoms with Crippen LogP contribution in [0, 0.1) is 0 Å². The van der Waals surface area contributed by atoms with Gasteiger partial charge in [-0.2, -0.15) is 0 Å². The lowest BCUT2D eigenvalue weighted by atomic mass is 10.3. The van der Waals surface area contributed by atoms with Gasteiger partial charge >= 0.3 is 0 Å². The standard InChI is InChI=1S/C12H14N2/c1-13-9-7-11(10-13)5-6-12-4-3-8-14(12)2/h3-10H,1-2H3/b6-5-. The normalized spacial score (nSPS) is 11.3. The second kappa shape index (κ2) is 3.58. The third-order valence-corrected chi connectivity index (χ3v) is 2.29. The van der Waals surface area contributed by atoms with Crippen molar-refractivity contribution in [3.63, 3.8) is 0 Å². The molecule has 2 aromatic heterocycles. The van der Waals surface area contributed by atoms with E-state index in [4.69, 9.17) is 0 Å². The Morgan fingerprint density at radius 3 is 2.50 bits per heavy atom. The van der Waals surface area contributed by atoms with Gasteiger partial charge in [0.05, 0.1) is 0 Å². The summed E-state index contributed by atoms with van der Waals surface area (Å²) in [5.41, 5.74) is 2.45. The van der Waals surface area contributed by atoms with Crippen LogP contribution in [0.5, 0.6) is 0 Å². The summed E-state index contributed by atoms with van der Waals surface area (Å²) >= 11 is 0. The molecule has 0 aliphatic heterocycles. The van der Waals surface area contributed by atoms with E-state index in [1.165, 1.54) is 11.3 Å². The van der Waals surface area contributed by atoms with E-state index in [1.54, 1.807) is 0 Å². The first kappa shape index (κ1) is 8.88. The number of aryl methyl sites for hydroxylation is 2. The Balaban J connectivity index is 2.19. The van der Waals surface area contributed by atoms with Crippen molar-refractivity contribution in [2.75, 3.05) is 0 Å². The first-order chi connectivity index (χ1) is 6.75. The Labute approximate surface area is 84.1 Å². The van der Waals surface area contributed by atoms with Gasteiger partial charge in [0.25, 0.3) is 0 Å². The Bertz CT molecular complexity index is 446. The monoisotopic (exact) mass is 186 g/mol. The number of aromatic nitrogens is 2. The smallest absolute Gasteiger partial charge is 0.0404 e. The van der Waals surface area contributed by atoms with Crippen LogP contribution in [0.2, 0.25) is 0 Å². The van der Waals surface area contributed by atoms with Crippen molar-refractivity contribution < 1.29 is 0 Å². The second-order valence-electron chi connectivity index (χ2n) is 3.49. The number of nitrogens with zero attached hydrogens (tertiary/aromatic N) is 2. The van der Waals surface area contributed by atoms with E-state index in [9.17, 15) is 0 Å². The van der Waals surface area contributed by atoms with E-state index in [0.29, 0.717) is 0 Å². The van der Waals surface area contributed by atoms with Crippen LogP contribution in [-0.2, 0) is 14.1 Å². The molecular formula is C12H14N2. The molecule has 0 aliphatic rings. The topological polar surface area (TPSA) is 9.86 Å². The summed E-state index contributed by atoms with van der Waals surface area (Å²) in [6.07, 6.45) is 10.4. The predicted octanol–water partition coefficient (Wildman–Crippen LogP) is 2.53. The van der Waals surface area contributed by atoms with Gasteiger partial charge in [-0.05, 0) is 29.8 Å². The zero-order valence-electron chi connectivity index (χ0n) is 8.51. The van der Waals surface area contributed by atoms with Crippen molar-refractivity contribution in [1.82, 2.24) is 9.13 Å². The van der Waals surface area contributed by atoms with E-state index in [0.717, 1.165) is 0 Å². The molecule has 0 atom stereocenters. The summed E-state index contributed by atoms with van der Waals surface area (Å²) in [5.74, 6) is 0. The average Bonchev–Trinajstić information content (AvgIpc) is 2.72. The molecule has 0 aromatic carbocycles. The molecular weight excluding hydrogens is 172 g/mol. The largest absolute Gasteiger partial charge is 0.357 e. The highest BCUT2D eigenvalue weighted by atomic mass is 14.9. The molecule has 2 aromatic rings. The van der Waals surface area contributed by atoms with Gasteiger partial charge in [-0.25, -0.2) is 0 Å². The fraction of sp³-hybridized carbons (Fsp3) is 0.167. The van der Waals surface area contributed by atoms with E-state index < -0.39 is 0 Å². The Morgan fingerprint density at radius 2 is 1.93 bits per heavy atom. The quantitative estimate of drug-likeness (QED) is 0.682. The highest BCUT2D eigenvalue weighted by Gasteiger charge is 1.91. The van der Waals surface area contributed by atoms with Gasteiger partial charge in [0.15, 0.2) is 0 Å². The third-order valence-electron chi connectivity index (χ3n) is 2.29. The van der Waals surface area contributed by atoms with Crippen molar-refractivity contribution in [2.45, 2.75) is 0 Å². The molecule has 2 heteroatoms. The number of hydrogen-bond acceptors (Lipinski definition) is 0. The van der Waals surface area contributed by atoms with Gasteiger partial charge in [0, 0.05) is 38.4 Å². The van der Waals surface area contributed by atoms with Crippen LogP contribution in [0.1, 0.15) is 11.3 Å². The molecule has 0 unspecified atom stereocenters. The lowest BCUT2D eigenvalue weighted by Gasteiger charge is -1.94. The summed E-state index contributed by atoms with van der Waals surface area (Å²) in [4.78, 5) is 0. The fourth-order valence-electron chi connectivity index (χ4n) is 1.45. The van der Waals surface area contributed by atoms with Crippen LogP contribution >= 0.6 is 0 Å². The molecule has 0 saturated heterocycles. The molecule has 0 bridgehead atoms. The molecule has 2 heterocycles. The summed E-state index contributed by atoms with van der Waals surface area (Å²) in [6.45, 7) is 0. The first-order valence-electron chi connectivity index (χ1n) is 4.67. The molecule has 2 rings (SSSR count). The van der Waals surface area contributed by atoms with Crippen LogP contribution in [0.25, 0.3) is 12.2 Å². The van der Waals surface area contributed by atoms with E-state index >= 15 is 0 Å². The minimum absolute atomic E-state index is 1.22. The molecule has 0 N–H and O–H groups in total. The lowest BCUT2D eigenvalue weighted by Crippen LogP contribution is -1.86. The van der Waals surface area contributed by atoms with Gasteiger partial charge < -0.3 is 9.13 Å². The van der Waals surface area contributed by atoms with Crippen LogP contribution in [0.4, 0.5) is 0 Å². The van der Waals surface area contributed by atoms with Crippen LogP contribution < -0.4 is 0 Å². The van der Waals surface area contributed by atoms with Crippen molar-refractivity contribution in [3.05, 3.63) is 48.0 Å². The maximum Gasteiger partial charge on any atom is 0.0404 e. The molecule has 14 heavy (non-hydrogen) atoms. The molecule has 72 valence electrons. The van der Waals surface area contributed by atoms with Crippen LogP contribution in [0.3, 0.4) is 0 Å². The molecule has 0 fully saturated rings. The molecule has 2 nitrogen and oxygen atoms in total. The molecule has 0 radical (unpaired) electrons. The van der Waals surface area contributed by atoms with Crippen molar-refractivity contribution in [1.29, 1.82) is 0 Å². The maximum absolute atomic E-state index is 2.12. The van der Waals surface area contributed by atoms with Crippen molar-refractivity contribution in [3.8, 4) is 0 Å². The summed E-state index contributed by atoms with van der Waals surface area (Å²) in [5, 5.41) is 0. The van der Waals surface area contributed by atoms with Gasteiger partial charge in [0.1, 0.15) is 0 Å². The first-order valence-corrected chi connectivity index (χ1v) is 4.67. The Hall–Kier alpha value is -1.70.